The molecule has 0 saturated heterocycles. The molecule has 86 valence electrons. The standard InChI is InChI=1S/C13H8Cl2O2/c14-12-5-9(6-13(15)11(12)7-16)8-1-3-10(17)4-2-8/h1-7,17H. The minimum atomic E-state index is 0.190. The lowest BCUT2D eigenvalue weighted by Crippen LogP contribution is -1.86. The van der Waals surface area contributed by atoms with Crippen molar-refractivity contribution in [1.29, 1.82) is 0 Å². The summed E-state index contributed by atoms with van der Waals surface area (Å²) in [5, 5.41) is 9.83. The topological polar surface area (TPSA) is 37.3 Å². The summed E-state index contributed by atoms with van der Waals surface area (Å²) in [6, 6.07) is 9.98. The fourth-order valence-electron chi connectivity index (χ4n) is 1.52. The number of carbonyl (C=O) groups excluding carboxylic acids is 1. The number of hydrogen-bond donors (Lipinski definition) is 1. The SMILES string of the molecule is O=Cc1c(Cl)cc(-c2ccc(O)cc2)cc1Cl. The highest BCUT2D eigenvalue weighted by Gasteiger charge is 2.08. The van der Waals surface area contributed by atoms with Gasteiger partial charge >= 0.3 is 0 Å². The molecule has 0 unspecified atom stereocenters. The number of hydrogen-bond acceptors (Lipinski definition) is 2. The van der Waals surface area contributed by atoms with Crippen LogP contribution in [0.25, 0.3) is 11.1 Å². The Morgan fingerprint density at radius 3 is 1.94 bits per heavy atom. The van der Waals surface area contributed by atoms with Crippen molar-refractivity contribution in [2.45, 2.75) is 0 Å². The first-order chi connectivity index (χ1) is 8.11. The van der Waals surface area contributed by atoms with Crippen LogP contribution in [0, 0.1) is 0 Å². The lowest BCUT2D eigenvalue weighted by molar-refractivity contribution is 0.112. The maximum Gasteiger partial charge on any atom is 0.153 e. The Labute approximate surface area is 108 Å². The molecule has 2 aromatic carbocycles. The molecular weight excluding hydrogens is 259 g/mol. The molecule has 2 nitrogen and oxygen atoms in total. The largest absolute Gasteiger partial charge is 0.508 e. The highest BCUT2D eigenvalue weighted by atomic mass is 35.5. The van der Waals surface area contributed by atoms with E-state index in [9.17, 15) is 9.90 Å². The van der Waals surface area contributed by atoms with Gasteiger partial charge in [0.15, 0.2) is 6.29 Å². The molecule has 0 heterocycles. The first-order valence-electron chi connectivity index (χ1n) is 4.85. The van der Waals surface area contributed by atoms with Crippen LogP contribution in [0.3, 0.4) is 0 Å². The van der Waals surface area contributed by atoms with Crippen molar-refractivity contribution in [3.05, 3.63) is 52.0 Å². The van der Waals surface area contributed by atoms with Crippen LogP contribution in [0.5, 0.6) is 5.75 Å². The smallest absolute Gasteiger partial charge is 0.153 e. The summed E-state index contributed by atoms with van der Waals surface area (Å²) < 4.78 is 0. The van der Waals surface area contributed by atoms with Crippen molar-refractivity contribution in [1.82, 2.24) is 0 Å². The van der Waals surface area contributed by atoms with Crippen LogP contribution in [-0.2, 0) is 0 Å². The number of benzene rings is 2. The van der Waals surface area contributed by atoms with Gasteiger partial charge in [0, 0.05) is 0 Å². The van der Waals surface area contributed by atoms with Crippen LogP contribution in [0.15, 0.2) is 36.4 Å². The Bertz CT molecular complexity index is 539. The lowest BCUT2D eigenvalue weighted by Gasteiger charge is -2.06. The number of phenolic OH excluding ortho intramolecular Hbond substituents is 1. The van der Waals surface area contributed by atoms with Gasteiger partial charge in [0.1, 0.15) is 5.75 Å². The van der Waals surface area contributed by atoms with E-state index >= 15 is 0 Å². The number of carbonyl (C=O) groups is 1. The zero-order valence-electron chi connectivity index (χ0n) is 8.65. The van der Waals surface area contributed by atoms with Crippen LogP contribution in [0.2, 0.25) is 10.0 Å². The highest BCUT2D eigenvalue weighted by Crippen LogP contribution is 2.31. The minimum absolute atomic E-state index is 0.190. The van der Waals surface area contributed by atoms with Gasteiger partial charge in [-0.3, -0.25) is 4.79 Å². The molecule has 0 amide bonds. The van der Waals surface area contributed by atoms with Gasteiger partial charge in [-0.2, -0.15) is 0 Å². The molecule has 0 bridgehead atoms. The van der Waals surface area contributed by atoms with Crippen molar-refractivity contribution in [2.75, 3.05) is 0 Å². The second-order valence-corrected chi connectivity index (χ2v) is 4.33. The van der Waals surface area contributed by atoms with Crippen molar-refractivity contribution in [3.63, 3.8) is 0 Å². The van der Waals surface area contributed by atoms with E-state index in [1.165, 1.54) is 0 Å². The zero-order chi connectivity index (χ0) is 12.4. The van der Waals surface area contributed by atoms with E-state index < -0.39 is 0 Å². The molecule has 0 aliphatic rings. The molecule has 0 fully saturated rings. The molecule has 0 aliphatic heterocycles. The summed E-state index contributed by atoms with van der Waals surface area (Å²) in [6.45, 7) is 0. The van der Waals surface area contributed by atoms with Crippen LogP contribution in [0.1, 0.15) is 10.4 Å². The van der Waals surface area contributed by atoms with Gasteiger partial charge in [-0.15, -0.1) is 0 Å². The fraction of sp³-hybridized carbons (Fsp3) is 0. The molecule has 0 spiro atoms. The molecule has 1 N–H and O–H groups in total. The second kappa shape index (κ2) is 4.78. The van der Waals surface area contributed by atoms with Gasteiger partial charge in [-0.05, 0) is 35.4 Å². The Balaban J connectivity index is 2.54. The molecule has 4 heteroatoms. The van der Waals surface area contributed by atoms with Gasteiger partial charge in [-0.1, -0.05) is 35.3 Å². The Morgan fingerprint density at radius 1 is 0.941 bits per heavy atom. The second-order valence-electron chi connectivity index (χ2n) is 3.52. The van der Waals surface area contributed by atoms with Gasteiger partial charge in [0.2, 0.25) is 0 Å². The summed E-state index contributed by atoms with van der Waals surface area (Å²) in [5.41, 5.74) is 1.95. The number of aromatic hydroxyl groups is 1. The van der Waals surface area contributed by atoms with Crippen molar-refractivity contribution >= 4 is 29.5 Å². The third kappa shape index (κ3) is 2.43. The summed E-state index contributed by atoms with van der Waals surface area (Å²) in [5.74, 6) is 0.190. The molecule has 0 radical (unpaired) electrons. The zero-order valence-corrected chi connectivity index (χ0v) is 10.2. The predicted molar refractivity (Wildman–Crippen MR) is 69.0 cm³/mol. The molecule has 0 saturated carbocycles. The van der Waals surface area contributed by atoms with Gasteiger partial charge < -0.3 is 5.11 Å². The Hall–Kier alpha value is -1.51. The van der Waals surface area contributed by atoms with Gasteiger partial charge in [0.05, 0.1) is 15.6 Å². The number of halogens is 2. The van der Waals surface area contributed by atoms with Crippen LogP contribution >= 0.6 is 23.2 Å². The molecule has 2 rings (SSSR count). The number of rotatable bonds is 2. The predicted octanol–water partition coefficient (Wildman–Crippen LogP) is 4.18. The van der Waals surface area contributed by atoms with E-state index in [0.29, 0.717) is 16.3 Å². The highest BCUT2D eigenvalue weighted by molar-refractivity contribution is 6.38. The molecule has 17 heavy (non-hydrogen) atoms. The van der Waals surface area contributed by atoms with E-state index in [-0.39, 0.29) is 11.3 Å². The first kappa shape index (κ1) is 12.0. The molecule has 0 aliphatic carbocycles. The maximum absolute atomic E-state index is 10.7. The quantitative estimate of drug-likeness (QED) is 0.829. The van der Waals surface area contributed by atoms with E-state index in [0.717, 1.165) is 11.1 Å². The number of aldehydes is 1. The third-order valence-corrected chi connectivity index (χ3v) is 3.02. The fourth-order valence-corrected chi connectivity index (χ4v) is 2.09. The Kier molecular flexibility index (Phi) is 3.36. The van der Waals surface area contributed by atoms with Gasteiger partial charge in [-0.25, -0.2) is 0 Å². The van der Waals surface area contributed by atoms with Crippen LogP contribution in [-0.4, -0.2) is 11.4 Å². The third-order valence-electron chi connectivity index (χ3n) is 2.40. The van der Waals surface area contributed by atoms with Crippen LogP contribution in [0.4, 0.5) is 0 Å². The molecule has 0 atom stereocenters. The summed E-state index contributed by atoms with van der Waals surface area (Å²) in [4.78, 5) is 10.7. The maximum atomic E-state index is 10.7. The average Bonchev–Trinajstić information content (AvgIpc) is 2.29. The van der Waals surface area contributed by atoms with E-state index in [2.05, 4.69) is 0 Å². The minimum Gasteiger partial charge on any atom is -0.508 e. The summed E-state index contributed by atoms with van der Waals surface area (Å²) in [7, 11) is 0. The van der Waals surface area contributed by atoms with Gasteiger partial charge in [0.25, 0.3) is 0 Å². The average molecular weight is 267 g/mol. The number of phenols is 1. The van der Waals surface area contributed by atoms with Crippen molar-refractivity contribution < 1.29 is 9.90 Å². The summed E-state index contributed by atoms with van der Waals surface area (Å²) in [6.07, 6.45) is 0.630. The molecule has 2 aromatic rings. The monoisotopic (exact) mass is 266 g/mol. The molecule has 0 aromatic heterocycles. The van der Waals surface area contributed by atoms with Crippen molar-refractivity contribution in [3.8, 4) is 16.9 Å². The summed E-state index contributed by atoms with van der Waals surface area (Å²) >= 11 is 11.9. The van der Waals surface area contributed by atoms with E-state index in [4.69, 9.17) is 23.2 Å². The lowest BCUT2D eigenvalue weighted by atomic mass is 10.0. The normalized spacial score (nSPS) is 10.2. The Morgan fingerprint density at radius 2 is 1.47 bits per heavy atom. The molecular formula is C13H8Cl2O2. The van der Waals surface area contributed by atoms with E-state index in [1.54, 1.807) is 36.4 Å². The first-order valence-corrected chi connectivity index (χ1v) is 5.61. The van der Waals surface area contributed by atoms with Crippen LogP contribution < -0.4 is 0 Å². The van der Waals surface area contributed by atoms with E-state index in [1.807, 2.05) is 0 Å². The van der Waals surface area contributed by atoms with Crippen molar-refractivity contribution in [2.24, 2.45) is 0 Å².